The minimum Gasteiger partial charge on any atom is -0.467 e. The van der Waals surface area contributed by atoms with Gasteiger partial charge in [-0.25, -0.2) is 15.0 Å². The normalized spacial score (nSPS) is 14.2. The summed E-state index contributed by atoms with van der Waals surface area (Å²) in [6.45, 7) is 8.84. The Labute approximate surface area is 348 Å². The number of nitrogens with zero attached hydrogens (tertiary/aromatic N) is 3. The Morgan fingerprint density at radius 1 is 0.450 bits per heavy atom. The van der Waals surface area contributed by atoms with Crippen molar-refractivity contribution in [3.05, 3.63) is 155 Å². The van der Waals surface area contributed by atoms with Gasteiger partial charge in [-0.05, 0) is 92.0 Å². The highest BCUT2D eigenvalue weighted by molar-refractivity contribution is 5.85. The highest BCUT2D eigenvalue weighted by Gasteiger charge is 2.38. The maximum atomic E-state index is 9.96. The van der Waals surface area contributed by atoms with Gasteiger partial charge in [0.1, 0.15) is 12.5 Å². The molecule has 10 heteroatoms. The van der Waals surface area contributed by atoms with Gasteiger partial charge in [-0.15, -0.1) is 0 Å². The van der Waals surface area contributed by atoms with Crippen LogP contribution in [0.5, 0.6) is 5.75 Å². The van der Waals surface area contributed by atoms with Gasteiger partial charge < -0.3 is 34.6 Å². The molecule has 0 bridgehead atoms. The summed E-state index contributed by atoms with van der Waals surface area (Å²) < 4.78 is 15.8. The molecule has 0 saturated heterocycles. The highest BCUT2D eigenvalue weighted by atomic mass is 16.7. The largest absolute Gasteiger partial charge is 0.467 e. The molecule has 302 valence electrons. The first-order chi connectivity index (χ1) is 28.8. The molecule has 1 aromatic heterocycles. The number of methoxy groups -OCH3 is 1. The van der Waals surface area contributed by atoms with Gasteiger partial charge in [-0.3, -0.25) is 0 Å². The van der Waals surface area contributed by atoms with Crippen LogP contribution in [0.25, 0.3) is 67.5 Å². The molecule has 0 spiro atoms. The molecule has 2 aliphatic rings. The van der Waals surface area contributed by atoms with Crippen molar-refractivity contribution in [2.24, 2.45) is 0 Å². The fourth-order valence-corrected chi connectivity index (χ4v) is 8.66. The fraction of sp³-hybridized carbons (Fsp3) is 0.220. The minimum absolute atomic E-state index is 0.0957. The number of hydrogen-bond donors (Lipinski definition) is 4. The zero-order valence-electron chi connectivity index (χ0n) is 34.0. The number of fused-ring (bicyclic) bond motifs is 6. The van der Waals surface area contributed by atoms with Crippen LogP contribution >= 0.6 is 0 Å². The molecule has 0 radical (unpaired) electrons. The zero-order chi connectivity index (χ0) is 41.9. The number of hydrogen-bond acceptors (Lipinski definition) is 10. The molecule has 0 saturated carbocycles. The van der Waals surface area contributed by atoms with Gasteiger partial charge in [-0.2, -0.15) is 0 Å². The monoisotopic (exact) mass is 799 g/mol. The van der Waals surface area contributed by atoms with Crippen LogP contribution in [-0.4, -0.2) is 56.1 Å². The van der Waals surface area contributed by atoms with Gasteiger partial charge in [0, 0.05) is 45.8 Å². The van der Waals surface area contributed by atoms with Crippen molar-refractivity contribution in [2.75, 3.05) is 20.7 Å². The Kier molecular flexibility index (Phi) is 9.95. The fourth-order valence-electron chi connectivity index (χ4n) is 8.66. The Morgan fingerprint density at radius 3 is 1.25 bits per heavy atom. The van der Waals surface area contributed by atoms with Crippen LogP contribution < -0.4 is 4.74 Å². The maximum absolute atomic E-state index is 9.96. The average molecular weight is 800 g/mol. The first-order valence-electron chi connectivity index (χ1n) is 19.8. The molecule has 7 aromatic rings. The van der Waals surface area contributed by atoms with E-state index in [2.05, 4.69) is 64.1 Å². The molecule has 0 fully saturated rings. The molecule has 0 amide bonds. The van der Waals surface area contributed by atoms with Crippen molar-refractivity contribution in [3.8, 4) is 73.3 Å². The van der Waals surface area contributed by atoms with Crippen LogP contribution in [0.2, 0.25) is 0 Å². The topological polar surface area (TPSA) is 147 Å². The standard InChI is InChI=1S/C50H45N3O7/c1-49(2)40-22-31(12-18-36(40)38-20-14-33(47(54)55)24-42(38)49)45-51-44(30-8-6-28(7-9-30)29-10-16-35(17-11-29)60-27-59-26-58-5)52-46(53-45)32-13-19-37-39-21-15-34(48(56)57)25-43(39)50(3,4)41(37)23-32/h6-25,47-48,54-57H,26-27H2,1-5H3. The van der Waals surface area contributed by atoms with Crippen molar-refractivity contribution < 1.29 is 34.6 Å². The third kappa shape index (κ3) is 6.87. The first kappa shape index (κ1) is 39.4. The highest BCUT2D eigenvalue weighted by Crippen LogP contribution is 2.52. The van der Waals surface area contributed by atoms with Gasteiger partial charge in [-0.1, -0.05) is 113 Å². The summed E-state index contributed by atoms with van der Waals surface area (Å²) in [5.74, 6) is 2.26. The van der Waals surface area contributed by atoms with Crippen molar-refractivity contribution in [2.45, 2.75) is 51.1 Å². The van der Waals surface area contributed by atoms with Crippen LogP contribution in [0.3, 0.4) is 0 Å². The van der Waals surface area contributed by atoms with E-state index >= 15 is 0 Å². The van der Waals surface area contributed by atoms with E-state index in [0.29, 0.717) is 34.3 Å². The Morgan fingerprint density at radius 2 is 0.817 bits per heavy atom. The number of ether oxygens (including phenoxy) is 3. The smallest absolute Gasteiger partial charge is 0.191 e. The number of aliphatic hydroxyl groups excluding tert-OH is 2. The minimum atomic E-state index is -1.56. The predicted molar refractivity (Wildman–Crippen MR) is 230 cm³/mol. The van der Waals surface area contributed by atoms with Gasteiger partial charge in [0.25, 0.3) is 0 Å². The molecule has 2 aliphatic carbocycles. The molecule has 60 heavy (non-hydrogen) atoms. The summed E-state index contributed by atoms with van der Waals surface area (Å²) in [6.07, 6.45) is -3.11. The summed E-state index contributed by atoms with van der Waals surface area (Å²) in [6, 6.07) is 39.7. The van der Waals surface area contributed by atoms with E-state index in [1.165, 1.54) is 0 Å². The molecule has 0 unspecified atom stereocenters. The van der Waals surface area contributed by atoms with Crippen molar-refractivity contribution in [3.63, 3.8) is 0 Å². The second-order valence-corrected chi connectivity index (χ2v) is 16.4. The second kappa shape index (κ2) is 15.2. The SMILES string of the molecule is COCOCOc1ccc(-c2ccc(-c3nc(-c4ccc5c(c4)C(C)(C)c4cc(C(O)O)ccc4-5)nc(-c4ccc5c(c4)C(C)(C)c4cc(C(O)O)ccc4-5)n3)cc2)cc1. The number of aliphatic hydroxyl groups is 4. The van der Waals surface area contributed by atoms with Crippen LogP contribution in [0.15, 0.2) is 121 Å². The van der Waals surface area contributed by atoms with Gasteiger partial charge in [0.2, 0.25) is 0 Å². The van der Waals surface area contributed by atoms with E-state index < -0.39 is 23.4 Å². The summed E-state index contributed by atoms with van der Waals surface area (Å²) in [4.78, 5) is 15.3. The lowest BCUT2D eigenvalue weighted by Crippen LogP contribution is -2.16. The lowest BCUT2D eigenvalue weighted by molar-refractivity contribution is -0.0835. The van der Waals surface area contributed by atoms with Crippen LogP contribution in [0.4, 0.5) is 0 Å². The molecule has 0 atom stereocenters. The molecule has 9 rings (SSSR count). The Balaban J connectivity index is 1.11. The lowest BCUT2D eigenvalue weighted by Gasteiger charge is -2.23. The number of rotatable bonds is 11. The van der Waals surface area contributed by atoms with E-state index in [1.807, 2.05) is 72.8 Å². The third-order valence-electron chi connectivity index (χ3n) is 12.0. The molecule has 10 nitrogen and oxygen atoms in total. The van der Waals surface area contributed by atoms with E-state index in [0.717, 1.165) is 72.3 Å². The maximum Gasteiger partial charge on any atom is 0.191 e. The predicted octanol–water partition coefficient (Wildman–Crippen LogP) is 9.08. The van der Waals surface area contributed by atoms with Gasteiger partial charge >= 0.3 is 0 Å². The quantitative estimate of drug-likeness (QED) is 0.0738. The summed E-state index contributed by atoms with van der Waals surface area (Å²) in [7, 11) is 1.56. The lowest BCUT2D eigenvalue weighted by atomic mass is 9.81. The van der Waals surface area contributed by atoms with Gasteiger partial charge in [0.15, 0.2) is 36.8 Å². The van der Waals surface area contributed by atoms with E-state index in [-0.39, 0.29) is 13.6 Å². The Hall–Kier alpha value is -6.11. The molecular weight excluding hydrogens is 755 g/mol. The second-order valence-electron chi connectivity index (χ2n) is 16.4. The Bertz CT molecular complexity index is 2620. The van der Waals surface area contributed by atoms with Crippen LogP contribution in [0, 0.1) is 0 Å². The molecule has 0 aliphatic heterocycles. The zero-order valence-corrected chi connectivity index (χ0v) is 34.0. The van der Waals surface area contributed by atoms with Crippen molar-refractivity contribution >= 4 is 0 Å². The summed E-state index contributed by atoms with van der Waals surface area (Å²) in [5, 5.41) is 39.8. The average Bonchev–Trinajstić information content (AvgIpc) is 3.63. The van der Waals surface area contributed by atoms with Crippen molar-refractivity contribution in [1.82, 2.24) is 15.0 Å². The summed E-state index contributed by atoms with van der Waals surface area (Å²) in [5.41, 5.74) is 13.1. The van der Waals surface area contributed by atoms with Crippen molar-refractivity contribution in [1.29, 1.82) is 0 Å². The number of benzene rings is 6. The summed E-state index contributed by atoms with van der Waals surface area (Å²) >= 11 is 0. The van der Waals surface area contributed by atoms with Crippen LogP contribution in [-0.2, 0) is 20.3 Å². The number of aromatic nitrogens is 3. The molecular formula is C50H45N3O7. The van der Waals surface area contributed by atoms with Gasteiger partial charge in [0.05, 0.1) is 0 Å². The van der Waals surface area contributed by atoms with Crippen LogP contribution in [0.1, 0.15) is 73.7 Å². The third-order valence-corrected chi connectivity index (χ3v) is 12.0. The first-order valence-corrected chi connectivity index (χ1v) is 19.8. The van der Waals surface area contributed by atoms with E-state index in [9.17, 15) is 20.4 Å². The molecule has 1 heterocycles. The molecule has 4 N–H and O–H groups in total. The molecule has 6 aromatic carbocycles. The van der Waals surface area contributed by atoms with E-state index in [4.69, 9.17) is 29.2 Å². The van der Waals surface area contributed by atoms with E-state index in [1.54, 1.807) is 19.2 Å².